The van der Waals surface area contributed by atoms with Crippen LogP contribution in [0.15, 0.2) is 91.8 Å². The maximum atomic E-state index is 4.66. The number of anilines is 2. The Hall–Kier alpha value is -3.60. The first kappa shape index (κ1) is 17.8. The van der Waals surface area contributed by atoms with Gasteiger partial charge in [0.1, 0.15) is 5.82 Å². The summed E-state index contributed by atoms with van der Waals surface area (Å²) in [5.74, 6) is 1.01. The minimum absolute atomic E-state index is 0.0974. The smallest absolute Gasteiger partial charge is 0.135 e. The van der Waals surface area contributed by atoms with Crippen molar-refractivity contribution in [3.05, 3.63) is 109 Å². The molecule has 0 saturated carbocycles. The van der Waals surface area contributed by atoms with Crippen LogP contribution in [0.1, 0.15) is 22.7 Å². The molecular weight excluding hydrogens is 346 g/mol. The number of hydrogen-bond donors (Lipinski definition) is 0. The molecule has 0 spiro atoms. The first-order valence-electron chi connectivity index (χ1n) is 9.21. The number of nitrogens with zero attached hydrogens (tertiary/aromatic N) is 5. The van der Waals surface area contributed by atoms with Gasteiger partial charge in [-0.15, -0.1) is 0 Å². The molecule has 0 aromatic carbocycles. The molecule has 5 heteroatoms. The molecule has 0 aliphatic heterocycles. The highest BCUT2D eigenvalue weighted by Crippen LogP contribution is 2.31. The zero-order chi connectivity index (χ0) is 19.2. The minimum atomic E-state index is 0.0974. The number of hydrogen-bond acceptors (Lipinski definition) is 5. The SMILES string of the molecule is CN(c1cccnc1)c1ncccc1CC(c1cccnc1)c1ccccn1. The summed E-state index contributed by atoms with van der Waals surface area (Å²) in [6.07, 6.45) is 11.8. The topological polar surface area (TPSA) is 54.8 Å². The lowest BCUT2D eigenvalue weighted by Gasteiger charge is -2.23. The van der Waals surface area contributed by atoms with E-state index >= 15 is 0 Å². The fraction of sp³-hybridized carbons (Fsp3) is 0.130. The highest BCUT2D eigenvalue weighted by Gasteiger charge is 2.20. The van der Waals surface area contributed by atoms with Gasteiger partial charge in [-0.1, -0.05) is 18.2 Å². The summed E-state index contributed by atoms with van der Waals surface area (Å²) in [5, 5.41) is 0. The van der Waals surface area contributed by atoms with Crippen molar-refractivity contribution in [3.8, 4) is 0 Å². The molecule has 0 bridgehead atoms. The van der Waals surface area contributed by atoms with Crippen LogP contribution in [0.5, 0.6) is 0 Å². The minimum Gasteiger partial charge on any atom is -0.328 e. The van der Waals surface area contributed by atoms with Gasteiger partial charge in [-0.2, -0.15) is 0 Å². The molecule has 4 rings (SSSR count). The van der Waals surface area contributed by atoms with Crippen LogP contribution >= 0.6 is 0 Å². The molecule has 0 N–H and O–H groups in total. The van der Waals surface area contributed by atoms with E-state index in [-0.39, 0.29) is 5.92 Å². The van der Waals surface area contributed by atoms with E-state index < -0.39 is 0 Å². The second kappa shape index (κ2) is 8.39. The third-order valence-corrected chi connectivity index (χ3v) is 4.77. The molecular formula is C23H21N5. The molecule has 0 radical (unpaired) electrons. The predicted octanol–water partition coefficient (Wildman–Crippen LogP) is 4.41. The van der Waals surface area contributed by atoms with Crippen molar-refractivity contribution in [2.45, 2.75) is 12.3 Å². The Labute approximate surface area is 164 Å². The molecule has 5 nitrogen and oxygen atoms in total. The summed E-state index contributed by atoms with van der Waals surface area (Å²) >= 11 is 0. The molecule has 0 amide bonds. The summed E-state index contributed by atoms with van der Waals surface area (Å²) in [6, 6.07) is 18.2. The quantitative estimate of drug-likeness (QED) is 0.505. The Morgan fingerprint density at radius 3 is 2.29 bits per heavy atom. The van der Waals surface area contributed by atoms with E-state index in [0.717, 1.165) is 34.7 Å². The summed E-state index contributed by atoms with van der Waals surface area (Å²) in [5.41, 5.74) is 4.31. The van der Waals surface area contributed by atoms with Gasteiger partial charge in [0, 0.05) is 49.6 Å². The van der Waals surface area contributed by atoms with Gasteiger partial charge in [0.2, 0.25) is 0 Å². The van der Waals surface area contributed by atoms with Gasteiger partial charge < -0.3 is 4.90 Å². The highest BCUT2D eigenvalue weighted by molar-refractivity contribution is 5.61. The summed E-state index contributed by atoms with van der Waals surface area (Å²) in [6.45, 7) is 0. The van der Waals surface area contributed by atoms with Crippen LogP contribution in [0.3, 0.4) is 0 Å². The van der Waals surface area contributed by atoms with Crippen LogP contribution < -0.4 is 4.90 Å². The molecule has 4 heterocycles. The largest absolute Gasteiger partial charge is 0.328 e. The van der Waals surface area contributed by atoms with Gasteiger partial charge in [0.05, 0.1) is 11.9 Å². The molecule has 1 unspecified atom stereocenters. The zero-order valence-electron chi connectivity index (χ0n) is 15.7. The van der Waals surface area contributed by atoms with E-state index in [0.29, 0.717) is 0 Å². The average molecular weight is 367 g/mol. The Morgan fingerprint density at radius 2 is 1.57 bits per heavy atom. The maximum absolute atomic E-state index is 4.66. The standard InChI is InChI=1S/C23H21N5/c1-28(20-9-6-12-25-17-20)23-18(7-5-14-27-23)15-21(19-8-4-11-24-16-19)22-10-2-3-13-26-22/h2-14,16-17,21H,15H2,1H3. The number of rotatable bonds is 6. The van der Waals surface area contributed by atoms with Crippen molar-refractivity contribution in [2.75, 3.05) is 11.9 Å². The molecule has 28 heavy (non-hydrogen) atoms. The van der Waals surface area contributed by atoms with Gasteiger partial charge in [-0.25, -0.2) is 4.98 Å². The van der Waals surface area contributed by atoms with Crippen LogP contribution in [-0.4, -0.2) is 27.0 Å². The zero-order valence-corrected chi connectivity index (χ0v) is 15.7. The van der Waals surface area contributed by atoms with Crippen molar-refractivity contribution in [1.29, 1.82) is 0 Å². The fourth-order valence-corrected chi connectivity index (χ4v) is 3.34. The molecule has 0 fully saturated rings. The molecule has 0 aliphatic rings. The summed E-state index contributed by atoms with van der Waals surface area (Å²) in [7, 11) is 2.02. The Morgan fingerprint density at radius 1 is 0.786 bits per heavy atom. The van der Waals surface area contributed by atoms with Crippen LogP contribution in [0.4, 0.5) is 11.5 Å². The number of pyridine rings is 4. The van der Waals surface area contributed by atoms with E-state index in [1.54, 1.807) is 12.4 Å². The second-order valence-electron chi connectivity index (χ2n) is 6.55. The van der Waals surface area contributed by atoms with Gasteiger partial charge in [0.25, 0.3) is 0 Å². The molecule has 0 saturated heterocycles. The first-order chi connectivity index (χ1) is 13.8. The third-order valence-electron chi connectivity index (χ3n) is 4.77. The molecule has 0 aliphatic carbocycles. The molecule has 4 aromatic rings. The first-order valence-corrected chi connectivity index (χ1v) is 9.21. The Kier molecular flexibility index (Phi) is 5.33. The molecule has 138 valence electrons. The van der Waals surface area contributed by atoms with Gasteiger partial charge in [0.15, 0.2) is 0 Å². The van der Waals surface area contributed by atoms with Crippen LogP contribution in [0.25, 0.3) is 0 Å². The van der Waals surface area contributed by atoms with Crippen molar-refractivity contribution in [3.63, 3.8) is 0 Å². The highest BCUT2D eigenvalue weighted by atomic mass is 15.2. The van der Waals surface area contributed by atoms with E-state index in [4.69, 9.17) is 0 Å². The predicted molar refractivity (Wildman–Crippen MR) is 111 cm³/mol. The van der Waals surface area contributed by atoms with Gasteiger partial charge in [-0.05, 0) is 53.9 Å². The average Bonchev–Trinajstić information content (AvgIpc) is 2.79. The van der Waals surface area contributed by atoms with E-state index in [9.17, 15) is 0 Å². The second-order valence-corrected chi connectivity index (χ2v) is 6.55. The molecule has 1 atom stereocenters. The van der Waals surface area contributed by atoms with Gasteiger partial charge >= 0.3 is 0 Å². The van der Waals surface area contributed by atoms with Gasteiger partial charge in [-0.3, -0.25) is 15.0 Å². The van der Waals surface area contributed by atoms with Crippen molar-refractivity contribution in [2.24, 2.45) is 0 Å². The number of aromatic nitrogens is 4. The normalized spacial score (nSPS) is 11.8. The van der Waals surface area contributed by atoms with Crippen molar-refractivity contribution < 1.29 is 0 Å². The summed E-state index contributed by atoms with van der Waals surface area (Å²) in [4.78, 5) is 19.9. The van der Waals surface area contributed by atoms with E-state index in [1.165, 1.54) is 0 Å². The monoisotopic (exact) mass is 367 g/mol. The van der Waals surface area contributed by atoms with Crippen LogP contribution in [0, 0.1) is 0 Å². The Bertz CT molecular complexity index is 967. The lowest BCUT2D eigenvalue weighted by molar-refractivity contribution is 0.765. The van der Waals surface area contributed by atoms with Crippen LogP contribution in [0.2, 0.25) is 0 Å². The fourth-order valence-electron chi connectivity index (χ4n) is 3.34. The summed E-state index contributed by atoms with van der Waals surface area (Å²) < 4.78 is 0. The maximum Gasteiger partial charge on any atom is 0.135 e. The lowest BCUT2D eigenvalue weighted by Crippen LogP contribution is -2.16. The van der Waals surface area contributed by atoms with Crippen molar-refractivity contribution in [1.82, 2.24) is 19.9 Å². The third kappa shape index (κ3) is 3.88. The van der Waals surface area contributed by atoms with Crippen molar-refractivity contribution >= 4 is 11.5 Å². The Balaban J connectivity index is 1.72. The van der Waals surface area contributed by atoms with Crippen LogP contribution in [-0.2, 0) is 6.42 Å². The lowest BCUT2D eigenvalue weighted by atomic mass is 9.90. The van der Waals surface area contributed by atoms with E-state index in [1.807, 2.05) is 68.2 Å². The molecule has 4 aromatic heterocycles. The van der Waals surface area contributed by atoms with E-state index in [2.05, 4.69) is 43.0 Å².